The van der Waals surface area contributed by atoms with Crippen molar-refractivity contribution in [2.75, 3.05) is 11.4 Å². The van der Waals surface area contributed by atoms with E-state index in [-0.39, 0.29) is 63.2 Å². The van der Waals surface area contributed by atoms with E-state index in [0.29, 0.717) is 50.0 Å². The number of esters is 1. The summed E-state index contributed by atoms with van der Waals surface area (Å²) in [5.41, 5.74) is 1.41. The van der Waals surface area contributed by atoms with Crippen LogP contribution in [-0.4, -0.2) is 54.0 Å². The van der Waals surface area contributed by atoms with Gasteiger partial charge in [-0.25, -0.2) is 9.79 Å². The molecule has 0 aromatic heterocycles. The van der Waals surface area contributed by atoms with Crippen LogP contribution in [0.4, 0.5) is 11.4 Å². The van der Waals surface area contributed by atoms with E-state index in [9.17, 15) is 40.5 Å². The van der Waals surface area contributed by atoms with E-state index in [0.717, 1.165) is 5.56 Å². The lowest BCUT2D eigenvalue weighted by molar-refractivity contribution is -0.144. The van der Waals surface area contributed by atoms with Crippen LogP contribution in [0.3, 0.4) is 0 Å². The SMILES string of the molecule is O=C1OC2(C(c3ccc(O)cc3)=C1O)C(c1ccc(O)cc1)=c1c(c(-c3ccc(O)cc3)c(O)c3c1=c1cccc(O)c1=N3)N2CCc1ccc(O)cc1. The maximum absolute atomic E-state index is 13.9. The Hall–Kier alpha value is -7.40. The van der Waals surface area contributed by atoms with Gasteiger partial charge in [0.1, 0.15) is 39.8 Å². The summed E-state index contributed by atoms with van der Waals surface area (Å²) in [6.07, 6.45) is 0.320. The standard InChI is InChI=1S/C43H30N2O9/c46-26-12-4-22(5-13-26)20-21-45-39-32(23-6-14-27(47)15-7-23)40(51)38-33(30-2-1-3-31(50)37(30)44-38)34(39)35(24-8-16-28(48)17-9-24)43(45)36(41(52)42(53)54-43)25-10-18-29(49)19-11-25/h1-19,46-52H,20-21H2. The van der Waals surface area contributed by atoms with Crippen LogP contribution in [0.25, 0.3) is 22.3 Å². The van der Waals surface area contributed by atoms with Crippen LogP contribution in [0.5, 0.6) is 34.5 Å². The average molecular weight is 719 g/mol. The Labute approximate surface area is 306 Å². The first-order chi connectivity index (χ1) is 26.1. The van der Waals surface area contributed by atoms with E-state index < -0.39 is 17.5 Å². The van der Waals surface area contributed by atoms with Crippen molar-refractivity contribution >= 4 is 28.5 Å². The first kappa shape index (κ1) is 32.5. The van der Waals surface area contributed by atoms with Crippen LogP contribution in [0.1, 0.15) is 16.7 Å². The summed E-state index contributed by atoms with van der Waals surface area (Å²) in [7, 11) is 0. The molecule has 0 bridgehead atoms. The van der Waals surface area contributed by atoms with Crippen molar-refractivity contribution in [2.45, 2.75) is 12.1 Å². The second-order valence-electron chi connectivity index (χ2n) is 13.3. The van der Waals surface area contributed by atoms with Crippen molar-refractivity contribution in [3.8, 4) is 45.6 Å². The number of phenolic OH excluding ortho intramolecular Hbond substituents is 6. The molecule has 0 radical (unpaired) electrons. The molecule has 0 fully saturated rings. The van der Waals surface area contributed by atoms with E-state index in [4.69, 9.17) is 9.73 Å². The van der Waals surface area contributed by atoms with Crippen molar-refractivity contribution < 1.29 is 45.3 Å². The van der Waals surface area contributed by atoms with E-state index in [1.807, 2.05) is 4.90 Å². The summed E-state index contributed by atoms with van der Waals surface area (Å²) in [6.45, 7) is 0.106. The van der Waals surface area contributed by atoms with Crippen LogP contribution in [0.2, 0.25) is 0 Å². The molecule has 6 aromatic carbocycles. The number of fused-ring (bicyclic) bond motifs is 4. The van der Waals surface area contributed by atoms with Gasteiger partial charge in [0, 0.05) is 33.3 Å². The largest absolute Gasteiger partial charge is 0.508 e. The minimum Gasteiger partial charge on any atom is -0.508 e. The van der Waals surface area contributed by atoms with E-state index in [2.05, 4.69) is 0 Å². The molecule has 266 valence electrons. The molecule has 9 rings (SSSR count). The summed E-state index contributed by atoms with van der Waals surface area (Å²) in [4.78, 5) is 20.5. The Morgan fingerprint density at radius 1 is 0.611 bits per heavy atom. The molecule has 6 aromatic rings. The van der Waals surface area contributed by atoms with Crippen molar-refractivity contribution in [3.05, 3.63) is 159 Å². The Morgan fingerprint density at radius 2 is 1.15 bits per heavy atom. The molecule has 11 heteroatoms. The van der Waals surface area contributed by atoms with Gasteiger partial charge < -0.3 is 45.4 Å². The highest BCUT2D eigenvalue weighted by Crippen LogP contribution is 2.57. The van der Waals surface area contributed by atoms with E-state index in [1.54, 1.807) is 72.8 Å². The fourth-order valence-electron chi connectivity index (χ4n) is 7.88. The lowest BCUT2D eigenvalue weighted by Crippen LogP contribution is -2.50. The van der Waals surface area contributed by atoms with Gasteiger partial charge in [-0.15, -0.1) is 0 Å². The summed E-state index contributed by atoms with van der Waals surface area (Å²) in [6, 6.07) is 30.1. The fourth-order valence-corrected chi connectivity index (χ4v) is 7.88. The first-order valence-corrected chi connectivity index (χ1v) is 17.0. The summed E-state index contributed by atoms with van der Waals surface area (Å²) in [5, 5.41) is 77.9. The van der Waals surface area contributed by atoms with Gasteiger partial charge in [-0.05, 0) is 83.3 Å². The molecule has 1 spiro atoms. The van der Waals surface area contributed by atoms with E-state index in [1.165, 1.54) is 42.5 Å². The molecule has 54 heavy (non-hydrogen) atoms. The Kier molecular flexibility index (Phi) is 7.11. The van der Waals surface area contributed by atoms with Gasteiger partial charge in [0.15, 0.2) is 5.75 Å². The molecule has 0 amide bonds. The fraction of sp³-hybridized carbons (Fsp3) is 0.0698. The zero-order valence-corrected chi connectivity index (χ0v) is 28.2. The maximum atomic E-state index is 13.9. The van der Waals surface area contributed by atoms with Crippen molar-refractivity contribution in [1.29, 1.82) is 0 Å². The molecule has 7 N–H and O–H groups in total. The van der Waals surface area contributed by atoms with Gasteiger partial charge in [0.25, 0.3) is 0 Å². The van der Waals surface area contributed by atoms with Gasteiger partial charge in [0.2, 0.25) is 11.5 Å². The zero-order chi connectivity index (χ0) is 37.5. The summed E-state index contributed by atoms with van der Waals surface area (Å²) in [5.74, 6) is -2.07. The minimum atomic E-state index is -1.94. The third-order valence-corrected chi connectivity index (χ3v) is 10.2. The van der Waals surface area contributed by atoms with Crippen LogP contribution in [0, 0.1) is 10.4 Å². The molecule has 0 saturated carbocycles. The number of carbonyl (C=O) groups is 1. The number of ether oxygens (including phenoxy) is 1. The second-order valence-corrected chi connectivity index (χ2v) is 13.3. The molecule has 1 unspecified atom stereocenters. The van der Waals surface area contributed by atoms with Gasteiger partial charge >= 0.3 is 5.97 Å². The number of benzene rings is 6. The highest BCUT2D eigenvalue weighted by Gasteiger charge is 2.60. The van der Waals surface area contributed by atoms with Gasteiger partial charge in [-0.2, -0.15) is 0 Å². The number of anilines is 1. The monoisotopic (exact) mass is 718 g/mol. The second kappa shape index (κ2) is 11.8. The number of aromatic hydroxyl groups is 6. The number of rotatable bonds is 6. The smallest absolute Gasteiger partial charge is 0.376 e. The van der Waals surface area contributed by atoms with Gasteiger partial charge in [-0.1, -0.05) is 60.7 Å². The van der Waals surface area contributed by atoms with Crippen LogP contribution in [0.15, 0.2) is 126 Å². The minimum absolute atomic E-state index is 0.0118. The highest BCUT2D eigenvalue weighted by molar-refractivity contribution is 6.12. The number of hydrogen-bond donors (Lipinski definition) is 7. The van der Waals surface area contributed by atoms with Gasteiger partial charge in [0.05, 0.1) is 11.3 Å². The Morgan fingerprint density at radius 3 is 1.74 bits per heavy atom. The predicted molar refractivity (Wildman–Crippen MR) is 198 cm³/mol. The molecule has 0 aliphatic carbocycles. The maximum Gasteiger partial charge on any atom is 0.376 e. The highest BCUT2D eigenvalue weighted by atomic mass is 16.6. The van der Waals surface area contributed by atoms with Crippen LogP contribution >= 0.6 is 0 Å². The number of aliphatic hydroxyl groups excluding tert-OH is 1. The first-order valence-electron chi connectivity index (χ1n) is 17.0. The molecule has 3 aliphatic heterocycles. The van der Waals surface area contributed by atoms with Gasteiger partial charge in [-0.3, -0.25) is 0 Å². The number of carbonyl (C=O) groups excluding carboxylic acids is 1. The summed E-state index contributed by atoms with van der Waals surface area (Å²) < 4.78 is 6.50. The zero-order valence-electron chi connectivity index (χ0n) is 28.2. The van der Waals surface area contributed by atoms with Crippen molar-refractivity contribution in [1.82, 2.24) is 0 Å². The number of nitrogens with zero attached hydrogens (tertiary/aromatic N) is 2. The lowest BCUT2D eigenvalue weighted by Gasteiger charge is -2.41. The predicted octanol–water partition coefficient (Wildman–Crippen LogP) is 5.62. The lowest BCUT2D eigenvalue weighted by atomic mass is 9.85. The molecular weight excluding hydrogens is 688 g/mol. The normalized spacial score (nSPS) is 16.7. The molecular formula is C43H30N2O9. The molecule has 0 saturated heterocycles. The topological polar surface area (TPSA) is 184 Å². The summed E-state index contributed by atoms with van der Waals surface area (Å²) >= 11 is 0. The number of para-hydroxylation sites is 1. The third kappa shape index (κ3) is 4.68. The van der Waals surface area contributed by atoms with Crippen molar-refractivity contribution in [3.63, 3.8) is 0 Å². The van der Waals surface area contributed by atoms with Crippen molar-refractivity contribution in [2.24, 2.45) is 4.99 Å². The van der Waals surface area contributed by atoms with Crippen LogP contribution < -0.4 is 15.5 Å². The number of hydrogen-bond acceptors (Lipinski definition) is 11. The molecule has 3 aliphatic rings. The average Bonchev–Trinajstić information content (AvgIpc) is 3.77. The molecule has 3 heterocycles. The quantitative estimate of drug-likeness (QED) is 0.107. The van der Waals surface area contributed by atoms with E-state index >= 15 is 0 Å². The van der Waals surface area contributed by atoms with Crippen LogP contribution in [-0.2, 0) is 16.0 Å². The Balaban J connectivity index is 1.51. The molecule has 1 atom stereocenters. The number of phenols is 6. The number of aliphatic hydroxyl groups is 1. The molecule has 11 nitrogen and oxygen atoms in total. The third-order valence-electron chi connectivity index (χ3n) is 10.2. The Bertz CT molecular complexity index is 2820.